The Morgan fingerprint density at radius 2 is 1.31 bits per heavy atom. The van der Waals surface area contributed by atoms with Crippen LogP contribution in [0.15, 0.2) is 84.9 Å². The highest BCUT2D eigenvalue weighted by atomic mass is 127. The standard InChI is InChI=1S/C29H34INO/c1-3-31(4-2)22-23-32-27-19-17-26(18-20-27)29(25-14-9-6-10-15-25)28(16-11-21-30)24-12-7-5-8-13-24/h5-10,12-15,17-20H,3-4,11,16,21-23H2,1-2H3. The number of benzene rings is 3. The van der Waals surface area contributed by atoms with Crippen molar-refractivity contribution in [1.29, 1.82) is 0 Å². The summed E-state index contributed by atoms with van der Waals surface area (Å²) in [5.41, 5.74) is 6.52. The first-order chi connectivity index (χ1) is 15.8. The second-order valence-corrected chi connectivity index (χ2v) is 8.86. The SMILES string of the molecule is CCN(CC)CCOc1ccc(C(=C(CCCI)c2ccccc2)c2ccccc2)cc1. The fourth-order valence-corrected chi connectivity index (χ4v) is 4.35. The van der Waals surface area contributed by atoms with Gasteiger partial charge >= 0.3 is 0 Å². The number of allylic oxidation sites excluding steroid dienone is 1. The second kappa shape index (κ2) is 13.4. The third kappa shape index (κ3) is 6.94. The molecule has 3 aromatic rings. The lowest BCUT2D eigenvalue weighted by Crippen LogP contribution is -2.27. The molecule has 0 radical (unpaired) electrons. The van der Waals surface area contributed by atoms with Gasteiger partial charge in [0.2, 0.25) is 0 Å². The molecule has 0 amide bonds. The first-order valence-corrected chi connectivity index (χ1v) is 13.1. The molecule has 0 aromatic heterocycles. The van der Waals surface area contributed by atoms with Gasteiger partial charge in [0.1, 0.15) is 12.4 Å². The van der Waals surface area contributed by atoms with Crippen LogP contribution in [0.2, 0.25) is 0 Å². The number of nitrogens with zero attached hydrogens (tertiary/aromatic N) is 1. The smallest absolute Gasteiger partial charge is 0.119 e. The van der Waals surface area contributed by atoms with Crippen LogP contribution >= 0.6 is 22.6 Å². The van der Waals surface area contributed by atoms with Gasteiger partial charge in [0.15, 0.2) is 0 Å². The predicted octanol–water partition coefficient (Wildman–Crippen LogP) is 7.58. The van der Waals surface area contributed by atoms with E-state index >= 15 is 0 Å². The molecule has 168 valence electrons. The number of halogens is 1. The van der Waals surface area contributed by atoms with E-state index in [1.165, 1.54) is 27.8 Å². The predicted molar refractivity (Wildman–Crippen MR) is 147 cm³/mol. The number of hydrogen-bond donors (Lipinski definition) is 0. The van der Waals surface area contributed by atoms with E-state index in [1.807, 2.05) is 0 Å². The molecule has 3 heteroatoms. The van der Waals surface area contributed by atoms with Gasteiger partial charge in [-0.15, -0.1) is 0 Å². The zero-order valence-electron chi connectivity index (χ0n) is 19.3. The van der Waals surface area contributed by atoms with E-state index < -0.39 is 0 Å². The van der Waals surface area contributed by atoms with Crippen molar-refractivity contribution in [3.05, 3.63) is 102 Å². The summed E-state index contributed by atoms with van der Waals surface area (Å²) in [6, 6.07) is 30.2. The molecule has 0 N–H and O–H groups in total. The van der Waals surface area contributed by atoms with Gasteiger partial charge in [0.25, 0.3) is 0 Å². The summed E-state index contributed by atoms with van der Waals surface area (Å²) >= 11 is 2.48. The highest BCUT2D eigenvalue weighted by molar-refractivity contribution is 14.1. The Hall–Kier alpha value is -2.11. The minimum Gasteiger partial charge on any atom is -0.492 e. The molecule has 0 aliphatic heterocycles. The monoisotopic (exact) mass is 539 g/mol. The van der Waals surface area contributed by atoms with Crippen LogP contribution in [0, 0.1) is 0 Å². The maximum Gasteiger partial charge on any atom is 0.119 e. The van der Waals surface area contributed by atoms with E-state index in [0.29, 0.717) is 6.61 Å². The van der Waals surface area contributed by atoms with E-state index in [-0.39, 0.29) is 0 Å². The summed E-state index contributed by atoms with van der Waals surface area (Å²) in [7, 11) is 0. The average molecular weight is 540 g/mol. The molecule has 3 rings (SSSR count). The van der Waals surface area contributed by atoms with E-state index in [0.717, 1.165) is 42.7 Å². The molecule has 0 saturated heterocycles. The maximum atomic E-state index is 6.03. The fraction of sp³-hybridized carbons (Fsp3) is 0.310. The summed E-state index contributed by atoms with van der Waals surface area (Å²) in [6.45, 7) is 8.18. The Morgan fingerprint density at radius 1 is 0.750 bits per heavy atom. The van der Waals surface area contributed by atoms with Crippen molar-refractivity contribution in [1.82, 2.24) is 4.90 Å². The van der Waals surface area contributed by atoms with E-state index in [1.54, 1.807) is 0 Å². The Kier molecular flexibility index (Phi) is 10.3. The molecule has 0 aliphatic carbocycles. The Morgan fingerprint density at radius 3 is 1.88 bits per heavy atom. The first kappa shape index (κ1) is 24.5. The molecular formula is C29H34INO. The third-order valence-electron chi connectivity index (χ3n) is 5.76. The van der Waals surface area contributed by atoms with Crippen molar-refractivity contribution in [2.24, 2.45) is 0 Å². The van der Waals surface area contributed by atoms with Gasteiger partial charge in [-0.05, 0) is 70.3 Å². The van der Waals surface area contributed by atoms with Crippen molar-refractivity contribution in [3.8, 4) is 5.75 Å². The lowest BCUT2D eigenvalue weighted by molar-refractivity contribution is 0.223. The quantitative estimate of drug-likeness (QED) is 0.134. The molecule has 3 aromatic carbocycles. The maximum absolute atomic E-state index is 6.03. The Balaban J connectivity index is 1.95. The molecule has 0 saturated carbocycles. The van der Waals surface area contributed by atoms with Crippen molar-refractivity contribution >= 4 is 33.7 Å². The van der Waals surface area contributed by atoms with Crippen LogP contribution in [0.3, 0.4) is 0 Å². The van der Waals surface area contributed by atoms with Gasteiger partial charge in [-0.1, -0.05) is 109 Å². The Labute approximate surface area is 207 Å². The summed E-state index contributed by atoms with van der Waals surface area (Å²) < 4.78 is 7.18. The van der Waals surface area contributed by atoms with Crippen LogP contribution in [0.4, 0.5) is 0 Å². The summed E-state index contributed by atoms with van der Waals surface area (Å²) in [4.78, 5) is 2.38. The number of alkyl halides is 1. The van der Waals surface area contributed by atoms with Crippen LogP contribution in [0.1, 0.15) is 43.4 Å². The molecule has 0 atom stereocenters. The zero-order chi connectivity index (χ0) is 22.6. The largest absolute Gasteiger partial charge is 0.492 e. The molecule has 0 heterocycles. The summed E-state index contributed by atoms with van der Waals surface area (Å²) in [5.74, 6) is 0.932. The van der Waals surface area contributed by atoms with Gasteiger partial charge in [-0.2, -0.15) is 0 Å². The average Bonchev–Trinajstić information content (AvgIpc) is 2.86. The topological polar surface area (TPSA) is 12.5 Å². The number of hydrogen-bond acceptors (Lipinski definition) is 2. The van der Waals surface area contributed by atoms with Crippen molar-refractivity contribution in [2.75, 3.05) is 30.7 Å². The lowest BCUT2D eigenvalue weighted by Gasteiger charge is -2.19. The van der Waals surface area contributed by atoms with Gasteiger partial charge in [-0.25, -0.2) is 0 Å². The molecule has 0 fully saturated rings. The molecule has 0 unspecified atom stereocenters. The minimum atomic E-state index is 0.716. The Bertz CT molecular complexity index is 947. The van der Waals surface area contributed by atoms with Crippen LogP contribution < -0.4 is 4.74 Å². The van der Waals surface area contributed by atoms with Gasteiger partial charge < -0.3 is 9.64 Å². The zero-order valence-corrected chi connectivity index (χ0v) is 21.4. The third-order valence-corrected chi connectivity index (χ3v) is 6.52. The van der Waals surface area contributed by atoms with E-state index in [2.05, 4.69) is 126 Å². The number of ether oxygens (including phenoxy) is 1. The van der Waals surface area contributed by atoms with Crippen LogP contribution in [0.5, 0.6) is 5.75 Å². The van der Waals surface area contributed by atoms with E-state index in [9.17, 15) is 0 Å². The molecular weight excluding hydrogens is 505 g/mol. The first-order valence-electron chi connectivity index (χ1n) is 11.6. The highest BCUT2D eigenvalue weighted by Crippen LogP contribution is 2.35. The van der Waals surface area contributed by atoms with Gasteiger partial charge in [0.05, 0.1) is 0 Å². The molecule has 0 spiro atoms. The minimum absolute atomic E-state index is 0.716. The fourth-order valence-electron chi connectivity index (χ4n) is 3.97. The van der Waals surface area contributed by atoms with Gasteiger partial charge in [-0.3, -0.25) is 0 Å². The second-order valence-electron chi connectivity index (χ2n) is 7.78. The molecule has 32 heavy (non-hydrogen) atoms. The molecule has 0 bridgehead atoms. The van der Waals surface area contributed by atoms with Crippen LogP contribution in [-0.2, 0) is 0 Å². The van der Waals surface area contributed by atoms with Crippen molar-refractivity contribution in [3.63, 3.8) is 0 Å². The molecule has 2 nitrogen and oxygen atoms in total. The normalized spacial score (nSPS) is 12.0. The number of rotatable bonds is 12. The van der Waals surface area contributed by atoms with E-state index in [4.69, 9.17) is 4.74 Å². The molecule has 0 aliphatic rings. The van der Waals surface area contributed by atoms with Crippen molar-refractivity contribution < 1.29 is 4.74 Å². The number of likely N-dealkylation sites (N-methyl/N-ethyl adjacent to an activating group) is 1. The summed E-state index contributed by atoms with van der Waals surface area (Å²) in [6.07, 6.45) is 2.22. The van der Waals surface area contributed by atoms with Gasteiger partial charge in [0, 0.05) is 6.54 Å². The highest BCUT2D eigenvalue weighted by Gasteiger charge is 2.14. The van der Waals surface area contributed by atoms with Crippen LogP contribution in [-0.4, -0.2) is 35.6 Å². The summed E-state index contributed by atoms with van der Waals surface area (Å²) in [5, 5.41) is 0. The van der Waals surface area contributed by atoms with Crippen LogP contribution in [0.25, 0.3) is 11.1 Å². The lowest BCUT2D eigenvalue weighted by atomic mass is 9.87. The van der Waals surface area contributed by atoms with Crippen molar-refractivity contribution in [2.45, 2.75) is 26.7 Å².